The smallest absolute Gasteiger partial charge is 0.331 e. The molecule has 0 saturated heterocycles. The van der Waals surface area contributed by atoms with Gasteiger partial charge in [-0.25, -0.2) is 4.79 Å². The van der Waals surface area contributed by atoms with Crippen molar-refractivity contribution in [3.8, 4) is 0 Å². The van der Waals surface area contributed by atoms with Gasteiger partial charge in [-0.1, -0.05) is 28.9 Å². The zero-order chi connectivity index (χ0) is 13.4. The van der Waals surface area contributed by atoms with Crippen molar-refractivity contribution in [3.05, 3.63) is 28.7 Å². The van der Waals surface area contributed by atoms with Crippen molar-refractivity contribution in [3.63, 3.8) is 0 Å². The Morgan fingerprint density at radius 2 is 2.17 bits per heavy atom. The number of halogens is 1. The van der Waals surface area contributed by atoms with E-state index in [2.05, 4.69) is 28.2 Å². The summed E-state index contributed by atoms with van der Waals surface area (Å²) in [4.78, 5) is 12.1. The van der Waals surface area contributed by atoms with Crippen LogP contribution in [0.1, 0.15) is 26.7 Å². The van der Waals surface area contributed by atoms with Crippen LogP contribution in [0, 0.1) is 5.41 Å². The van der Waals surface area contributed by atoms with Gasteiger partial charge in [0.1, 0.15) is 5.54 Å². The monoisotopic (exact) mass is 311 g/mol. The quantitative estimate of drug-likeness (QED) is 0.864. The second-order valence-electron chi connectivity index (χ2n) is 5.31. The molecule has 1 unspecified atom stereocenters. The third-order valence-electron chi connectivity index (χ3n) is 4.02. The summed E-state index contributed by atoms with van der Waals surface area (Å²) in [5.41, 5.74) is 0.218. The summed E-state index contributed by atoms with van der Waals surface area (Å²) < 4.78 is 5.96. The molecule has 0 heterocycles. The van der Waals surface area contributed by atoms with E-state index in [1.807, 2.05) is 31.2 Å². The van der Waals surface area contributed by atoms with Crippen LogP contribution in [0.3, 0.4) is 0 Å². The number of anilines is 1. The first kappa shape index (κ1) is 13.4. The highest BCUT2D eigenvalue weighted by Gasteiger charge is 2.58. The molecule has 1 saturated carbocycles. The van der Waals surface area contributed by atoms with Gasteiger partial charge in [-0.15, -0.1) is 0 Å². The van der Waals surface area contributed by atoms with Crippen LogP contribution in [0.5, 0.6) is 0 Å². The lowest BCUT2D eigenvalue weighted by molar-refractivity contribution is -0.147. The Bertz CT molecular complexity index is 471. The van der Waals surface area contributed by atoms with Gasteiger partial charge in [0.2, 0.25) is 0 Å². The number of hydrogen-bond donors (Lipinski definition) is 1. The van der Waals surface area contributed by atoms with Crippen LogP contribution in [0.25, 0.3) is 0 Å². The molecular weight excluding hydrogens is 294 g/mol. The summed E-state index contributed by atoms with van der Waals surface area (Å²) in [7, 11) is 1.44. The van der Waals surface area contributed by atoms with Crippen LogP contribution in [0.4, 0.5) is 5.69 Å². The molecule has 4 heteroatoms. The molecule has 2 rings (SSSR count). The Balaban J connectivity index is 2.29. The summed E-state index contributed by atoms with van der Waals surface area (Å²) in [5.74, 6) is -0.206. The van der Waals surface area contributed by atoms with E-state index in [0.29, 0.717) is 0 Å². The lowest BCUT2D eigenvalue weighted by Gasteiger charge is -2.35. The van der Waals surface area contributed by atoms with E-state index in [1.165, 1.54) is 7.11 Å². The van der Waals surface area contributed by atoms with Gasteiger partial charge in [-0.2, -0.15) is 0 Å². The van der Waals surface area contributed by atoms with Crippen molar-refractivity contribution < 1.29 is 9.53 Å². The molecular formula is C14H18BrNO2. The number of ether oxygens (including phenoxy) is 1. The third-order valence-corrected chi connectivity index (χ3v) is 4.51. The first-order valence-electron chi connectivity index (χ1n) is 6.03. The molecule has 3 nitrogen and oxygen atoms in total. The lowest BCUT2D eigenvalue weighted by atomic mass is 9.83. The Morgan fingerprint density at radius 1 is 1.50 bits per heavy atom. The minimum absolute atomic E-state index is 0.0254. The number of carbonyl (C=O) groups is 1. The molecule has 0 aromatic heterocycles. The maximum Gasteiger partial charge on any atom is 0.331 e. The van der Waals surface area contributed by atoms with Crippen molar-refractivity contribution >= 4 is 27.6 Å². The van der Waals surface area contributed by atoms with E-state index in [1.54, 1.807) is 0 Å². The fourth-order valence-corrected chi connectivity index (χ4v) is 2.59. The van der Waals surface area contributed by atoms with Crippen molar-refractivity contribution in [1.82, 2.24) is 0 Å². The second kappa shape index (κ2) is 4.57. The van der Waals surface area contributed by atoms with Gasteiger partial charge in [0.25, 0.3) is 0 Å². The van der Waals surface area contributed by atoms with Crippen molar-refractivity contribution in [1.29, 1.82) is 0 Å². The minimum atomic E-state index is -0.678. The van der Waals surface area contributed by atoms with Gasteiger partial charge in [0, 0.05) is 15.6 Å². The first-order valence-corrected chi connectivity index (χ1v) is 6.83. The summed E-state index contributed by atoms with van der Waals surface area (Å²) in [6.45, 7) is 4.04. The van der Waals surface area contributed by atoms with E-state index in [0.717, 1.165) is 23.0 Å². The number of rotatable bonds is 4. The highest BCUT2D eigenvalue weighted by Crippen LogP contribution is 2.55. The van der Waals surface area contributed by atoms with Crippen LogP contribution in [0.15, 0.2) is 28.7 Å². The zero-order valence-electron chi connectivity index (χ0n) is 10.9. The fourth-order valence-electron chi connectivity index (χ4n) is 2.19. The largest absolute Gasteiger partial charge is 0.467 e. The zero-order valence-corrected chi connectivity index (χ0v) is 12.5. The molecule has 0 amide bonds. The van der Waals surface area contributed by atoms with Crippen molar-refractivity contribution in [2.24, 2.45) is 5.41 Å². The van der Waals surface area contributed by atoms with Gasteiger partial charge in [0.05, 0.1) is 7.11 Å². The Hall–Kier alpha value is -1.03. The first-order chi connectivity index (χ1) is 8.41. The van der Waals surface area contributed by atoms with Gasteiger partial charge in [0.15, 0.2) is 0 Å². The maximum atomic E-state index is 12.1. The van der Waals surface area contributed by atoms with Crippen LogP contribution >= 0.6 is 15.9 Å². The maximum absolute atomic E-state index is 12.1. The number of carbonyl (C=O) groups excluding carboxylic acids is 1. The predicted molar refractivity (Wildman–Crippen MR) is 75.5 cm³/mol. The predicted octanol–water partition coefficient (Wildman–Crippen LogP) is 3.59. The van der Waals surface area contributed by atoms with Crippen LogP contribution < -0.4 is 5.32 Å². The highest BCUT2D eigenvalue weighted by atomic mass is 79.9. The Morgan fingerprint density at radius 3 is 2.67 bits per heavy atom. The summed E-state index contributed by atoms with van der Waals surface area (Å²) in [6.07, 6.45) is 2.08. The number of nitrogens with one attached hydrogen (secondary N) is 1. The average Bonchev–Trinajstić information content (AvgIpc) is 3.07. The van der Waals surface area contributed by atoms with Crippen LogP contribution in [0.2, 0.25) is 0 Å². The van der Waals surface area contributed by atoms with Gasteiger partial charge in [-0.3, -0.25) is 0 Å². The molecule has 1 fully saturated rings. The molecule has 1 aromatic carbocycles. The van der Waals surface area contributed by atoms with E-state index in [4.69, 9.17) is 4.74 Å². The number of methoxy groups -OCH3 is 1. The molecule has 1 aliphatic rings. The Kier molecular flexibility index (Phi) is 3.41. The van der Waals surface area contributed by atoms with Gasteiger partial charge in [-0.05, 0) is 38.0 Å². The number of benzene rings is 1. The molecule has 1 aliphatic carbocycles. The third kappa shape index (κ3) is 2.26. The molecule has 0 spiro atoms. The van der Waals surface area contributed by atoms with E-state index >= 15 is 0 Å². The number of hydrogen-bond acceptors (Lipinski definition) is 3. The molecule has 1 N–H and O–H groups in total. The van der Waals surface area contributed by atoms with Crippen LogP contribution in [-0.2, 0) is 9.53 Å². The SMILES string of the molecule is COC(=O)C(C)(Nc1cccc(Br)c1)C1(C)CC1. The minimum Gasteiger partial charge on any atom is -0.467 e. The van der Waals surface area contributed by atoms with Gasteiger partial charge < -0.3 is 10.1 Å². The lowest BCUT2D eigenvalue weighted by Crippen LogP contribution is -2.51. The molecule has 1 aromatic rings. The molecule has 98 valence electrons. The van der Waals surface area contributed by atoms with Crippen molar-refractivity contribution in [2.45, 2.75) is 32.2 Å². The number of esters is 1. The highest BCUT2D eigenvalue weighted by molar-refractivity contribution is 9.10. The summed E-state index contributed by atoms with van der Waals surface area (Å²) >= 11 is 3.43. The topological polar surface area (TPSA) is 38.3 Å². The summed E-state index contributed by atoms with van der Waals surface area (Å²) in [5, 5.41) is 3.34. The van der Waals surface area contributed by atoms with E-state index < -0.39 is 5.54 Å². The van der Waals surface area contributed by atoms with E-state index in [-0.39, 0.29) is 11.4 Å². The molecule has 18 heavy (non-hydrogen) atoms. The Labute approximate surface area is 116 Å². The van der Waals surface area contributed by atoms with Crippen LogP contribution in [-0.4, -0.2) is 18.6 Å². The fraction of sp³-hybridized carbons (Fsp3) is 0.500. The summed E-state index contributed by atoms with van der Waals surface area (Å²) in [6, 6.07) is 7.82. The van der Waals surface area contributed by atoms with Crippen molar-refractivity contribution in [2.75, 3.05) is 12.4 Å². The second-order valence-corrected chi connectivity index (χ2v) is 6.23. The normalized spacial score (nSPS) is 19.8. The molecule has 1 atom stereocenters. The average molecular weight is 312 g/mol. The molecule has 0 radical (unpaired) electrons. The standard InChI is InChI=1S/C14H18BrNO2/c1-13(7-8-13)14(2,12(17)18-3)16-11-6-4-5-10(15)9-11/h4-6,9,16H,7-8H2,1-3H3. The molecule has 0 aliphatic heterocycles. The van der Waals surface area contributed by atoms with E-state index in [9.17, 15) is 4.79 Å². The van der Waals surface area contributed by atoms with Gasteiger partial charge >= 0.3 is 5.97 Å². The molecule has 0 bridgehead atoms.